The van der Waals surface area contributed by atoms with E-state index in [9.17, 15) is 9.18 Å². The summed E-state index contributed by atoms with van der Waals surface area (Å²) in [7, 11) is 0. The van der Waals surface area contributed by atoms with Gasteiger partial charge in [-0.15, -0.1) is 0 Å². The zero-order valence-electron chi connectivity index (χ0n) is 14.2. The van der Waals surface area contributed by atoms with E-state index >= 15 is 0 Å². The zero-order valence-corrected chi connectivity index (χ0v) is 15.0. The van der Waals surface area contributed by atoms with E-state index in [1.807, 2.05) is 13.8 Å². The number of carbonyl (C=O) groups excluding carboxylic acids is 1. The molecule has 1 N–H and O–H groups in total. The summed E-state index contributed by atoms with van der Waals surface area (Å²) in [6, 6.07) is 4.19. The van der Waals surface area contributed by atoms with Gasteiger partial charge in [0.2, 0.25) is 5.91 Å². The molecule has 25 heavy (non-hydrogen) atoms. The highest BCUT2D eigenvalue weighted by Gasteiger charge is 2.26. The fraction of sp³-hybridized carbons (Fsp3) is 0.389. The lowest BCUT2D eigenvalue weighted by molar-refractivity contribution is -0.120. The van der Waals surface area contributed by atoms with Crippen LogP contribution in [-0.4, -0.2) is 29.0 Å². The number of rotatable bonds is 3. The predicted molar refractivity (Wildman–Crippen MR) is 96.5 cm³/mol. The van der Waals surface area contributed by atoms with Crippen molar-refractivity contribution >= 4 is 29.0 Å². The summed E-state index contributed by atoms with van der Waals surface area (Å²) >= 11 is 5.75. The number of piperidine rings is 1. The number of amides is 1. The van der Waals surface area contributed by atoms with Gasteiger partial charge in [0.1, 0.15) is 11.6 Å². The Kier molecular flexibility index (Phi) is 5.18. The lowest BCUT2D eigenvalue weighted by atomic mass is 9.95. The van der Waals surface area contributed by atoms with E-state index in [1.165, 1.54) is 18.2 Å². The van der Waals surface area contributed by atoms with Gasteiger partial charge in [-0.25, -0.2) is 9.37 Å². The van der Waals surface area contributed by atoms with Gasteiger partial charge in [-0.05, 0) is 44.9 Å². The van der Waals surface area contributed by atoms with Crippen LogP contribution in [0, 0.1) is 25.6 Å². The summed E-state index contributed by atoms with van der Waals surface area (Å²) in [4.78, 5) is 23.5. The second kappa shape index (κ2) is 7.35. The number of hydrogen-bond acceptors (Lipinski definition) is 4. The van der Waals surface area contributed by atoms with Crippen molar-refractivity contribution in [3.05, 3.63) is 46.6 Å². The molecule has 1 aromatic heterocycles. The van der Waals surface area contributed by atoms with Crippen molar-refractivity contribution in [3.63, 3.8) is 0 Å². The van der Waals surface area contributed by atoms with Crippen LogP contribution in [0.2, 0.25) is 5.02 Å². The highest BCUT2D eigenvalue weighted by atomic mass is 35.5. The van der Waals surface area contributed by atoms with Crippen LogP contribution in [-0.2, 0) is 4.79 Å². The average molecular weight is 363 g/mol. The number of benzene rings is 1. The zero-order chi connectivity index (χ0) is 18.0. The third kappa shape index (κ3) is 4.07. The van der Waals surface area contributed by atoms with Crippen LogP contribution >= 0.6 is 11.6 Å². The molecule has 1 amide bonds. The Morgan fingerprint density at radius 3 is 2.72 bits per heavy atom. The maximum Gasteiger partial charge on any atom is 0.227 e. The molecule has 1 fully saturated rings. The van der Waals surface area contributed by atoms with Crippen LogP contribution in [0.3, 0.4) is 0 Å². The highest BCUT2D eigenvalue weighted by molar-refractivity contribution is 6.31. The van der Waals surface area contributed by atoms with E-state index in [4.69, 9.17) is 11.6 Å². The highest BCUT2D eigenvalue weighted by Crippen LogP contribution is 2.25. The minimum atomic E-state index is -0.498. The van der Waals surface area contributed by atoms with Crippen molar-refractivity contribution in [2.45, 2.75) is 26.7 Å². The van der Waals surface area contributed by atoms with Crippen molar-refractivity contribution in [1.82, 2.24) is 9.97 Å². The molecule has 132 valence electrons. The molecule has 0 saturated carbocycles. The molecule has 5 nitrogen and oxygen atoms in total. The second-order valence-corrected chi connectivity index (χ2v) is 6.71. The minimum Gasteiger partial charge on any atom is -0.355 e. The number of aromatic nitrogens is 2. The molecule has 2 aromatic rings. The third-order valence-corrected chi connectivity index (χ3v) is 4.69. The van der Waals surface area contributed by atoms with Crippen LogP contribution in [0.25, 0.3) is 0 Å². The second-order valence-electron chi connectivity index (χ2n) is 6.30. The Balaban J connectivity index is 1.60. The first-order valence-corrected chi connectivity index (χ1v) is 8.63. The van der Waals surface area contributed by atoms with Gasteiger partial charge in [0, 0.05) is 30.9 Å². The average Bonchev–Trinajstić information content (AvgIpc) is 2.60. The molecule has 3 rings (SSSR count). The van der Waals surface area contributed by atoms with Crippen molar-refractivity contribution < 1.29 is 9.18 Å². The van der Waals surface area contributed by atoms with Gasteiger partial charge in [-0.2, -0.15) is 0 Å². The number of hydrogen-bond donors (Lipinski definition) is 1. The number of halogens is 2. The summed E-state index contributed by atoms with van der Waals surface area (Å²) in [5.41, 5.74) is 2.29. The predicted octanol–water partition coefficient (Wildman–Crippen LogP) is 3.74. The van der Waals surface area contributed by atoms with Gasteiger partial charge in [-0.1, -0.05) is 11.6 Å². The lowest BCUT2D eigenvalue weighted by Crippen LogP contribution is -2.39. The van der Waals surface area contributed by atoms with Gasteiger partial charge in [0.15, 0.2) is 0 Å². The molecule has 1 saturated heterocycles. The Morgan fingerprint density at radius 2 is 2.04 bits per heavy atom. The summed E-state index contributed by atoms with van der Waals surface area (Å²) in [6.45, 7) is 5.37. The van der Waals surface area contributed by atoms with Crippen molar-refractivity contribution in [3.8, 4) is 0 Å². The molecule has 2 heterocycles. The maximum atomic E-state index is 13.2. The third-order valence-electron chi connectivity index (χ3n) is 4.40. The summed E-state index contributed by atoms with van der Waals surface area (Å²) in [6.07, 6.45) is 3.22. The van der Waals surface area contributed by atoms with Crippen molar-refractivity contribution in [2.75, 3.05) is 23.3 Å². The first kappa shape index (κ1) is 17.6. The molecule has 1 aromatic carbocycles. The Bertz CT molecular complexity index is 791. The van der Waals surface area contributed by atoms with Gasteiger partial charge in [-0.3, -0.25) is 9.78 Å². The van der Waals surface area contributed by atoms with Gasteiger partial charge >= 0.3 is 0 Å². The van der Waals surface area contributed by atoms with Crippen LogP contribution in [0.15, 0.2) is 24.4 Å². The summed E-state index contributed by atoms with van der Waals surface area (Å²) in [5.74, 6) is 0.249. The minimum absolute atomic E-state index is 0.00103. The fourth-order valence-electron chi connectivity index (χ4n) is 3.00. The fourth-order valence-corrected chi connectivity index (χ4v) is 3.18. The van der Waals surface area contributed by atoms with Crippen LogP contribution < -0.4 is 10.2 Å². The Morgan fingerprint density at radius 1 is 1.32 bits per heavy atom. The number of nitrogens with zero attached hydrogens (tertiary/aromatic N) is 3. The molecular weight excluding hydrogens is 343 g/mol. The molecular formula is C18H20ClFN4O. The smallest absolute Gasteiger partial charge is 0.227 e. The van der Waals surface area contributed by atoms with Crippen molar-refractivity contribution in [2.24, 2.45) is 5.92 Å². The number of aryl methyl sites for hydroxylation is 2. The van der Waals surface area contributed by atoms with Crippen LogP contribution in [0.1, 0.15) is 24.2 Å². The molecule has 0 unspecified atom stereocenters. The maximum absolute atomic E-state index is 13.2. The molecule has 7 heteroatoms. The van der Waals surface area contributed by atoms with Gasteiger partial charge in [0.25, 0.3) is 0 Å². The normalized spacial score (nSPS) is 15.3. The van der Waals surface area contributed by atoms with E-state index in [-0.39, 0.29) is 16.8 Å². The van der Waals surface area contributed by atoms with E-state index in [2.05, 4.69) is 20.2 Å². The first-order chi connectivity index (χ1) is 11.9. The van der Waals surface area contributed by atoms with E-state index < -0.39 is 5.82 Å². The molecule has 0 radical (unpaired) electrons. The Hall–Kier alpha value is -2.21. The molecule has 0 aliphatic carbocycles. The summed E-state index contributed by atoms with van der Waals surface area (Å²) in [5, 5.41) is 2.82. The molecule has 0 bridgehead atoms. The van der Waals surface area contributed by atoms with Gasteiger partial charge in [0.05, 0.1) is 16.4 Å². The van der Waals surface area contributed by atoms with E-state index in [1.54, 1.807) is 6.20 Å². The van der Waals surface area contributed by atoms with E-state index in [0.29, 0.717) is 5.69 Å². The number of carbonyl (C=O) groups is 1. The lowest BCUT2D eigenvalue weighted by Gasteiger charge is -2.32. The topological polar surface area (TPSA) is 58.1 Å². The van der Waals surface area contributed by atoms with Gasteiger partial charge < -0.3 is 10.2 Å². The first-order valence-electron chi connectivity index (χ1n) is 8.25. The quantitative estimate of drug-likeness (QED) is 0.903. The Labute approximate surface area is 151 Å². The standard InChI is InChI=1S/C18H20ClFN4O/c1-11-10-21-12(2)17(22-11)24-7-5-13(6-8-24)18(25)23-14-3-4-16(20)15(19)9-14/h3-4,9-10,13H,5-8H2,1-2H3,(H,23,25). The number of anilines is 2. The van der Waals surface area contributed by atoms with Crippen LogP contribution in [0.4, 0.5) is 15.9 Å². The molecule has 1 aliphatic heterocycles. The van der Waals surface area contributed by atoms with Crippen LogP contribution in [0.5, 0.6) is 0 Å². The SMILES string of the molecule is Cc1cnc(C)c(N2CCC(C(=O)Nc3ccc(F)c(Cl)c3)CC2)n1. The largest absolute Gasteiger partial charge is 0.355 e. The number of nitrogens with one attached hydrogen (secondary N) is 1. The molecule has 0 spiro atoms. The molecule has 0 atom stereocenters. The monoisotopic (exact) mass is 362 g/mol. The summed E-state index contributed by atoms with van der Waals surface area (Å²) < 4.78 is 13.2. The molecule has 1 aliphatic rings. The van der Waals surface area contributed by atoms with Crippen molar-refractivity contribution in [1.29, 1.82) is 0 Å². The van der Waals surface area contributed by atoms with E-state index in [0.717, 1.165) is 43.1 Å².